The van der Waals surface area contributed by atoms with Crippen LogP contribution in [-0.4, -0.2) is 12.8 Å². The van der Waals surface area contributed by atoms with Crippen LogP contribution in [0.2, 0.25) is 0 Å². The molecule has 0 aliphatic carbocycles. The molecular formula is C9H8BrO3. The van der Waals surface area contributed by atoms with E-state index in [0.717, 1.165) is 4.47 Å². The summed E-state index contributed by atoms with van der Waals surface area (Å²) in [5.74, 6) is -0.426. The van der Waals surface area contributed by atoms with Gasteiger partial charge in [0.05, 0.1) is 12.7 Å². The highest BCUT2D eigenvalue weighted by Gasteiger charge is 2.05. The molecule has 0 heterocycles. The molecule has 1 rings (SSSR count). The van der Waals surface area contributed by atoms with Gasteiger partial charge in [0.2, 0.25) is 0 Å². The fourth-order valence-electron chi connectivity index (χ4n) is 0.794. The van der Waals surface area contributed by atoms with Crippen molar-refractivity contribution in [2.75, 3.05) is 6.79 Å². The third kappa shape index (κ3) is 3.16. The van der Waals surface area contributed by atoms with Crippen molar-refractivity contribution in [3.8, 4) is 0 Å². The van der Waals surface area contributed by atoms with E-state index in [4.69, 9.17) is 0 Å². The van der Waals surface area contributed by atoms with E-state index < -0.39 is 5.97 Å². The summed E-state index contributed by atoms with van der Waals surface area (Å²) in [4.78, 5) is 11.2. The Balaban J connectivity index is 2.66. The summed E-state index contributed by atoms with van der Waals surface area (Å²) in [5, 5.41) is 0. The molecule has 0 amide bonds. The van der Waals surface area contributed by atoms with Crippen molar-refractivity contribution >= 4 is 21.9 Å². The topological polar surface area (TPSA) is 35.5 Å². The highest BCUT2D eigenvalue weighted by atomic mass is 79.9. The van der Waals surface area contributed by atoms with Crippen LogP contribution in [0.5, 0.6) is 0 Å². The van der Waals surface area contributed by atoms with Crippen LogP contribution in [0.1, 0.15) is 10.4 Å². The largest absolute Gasteiger partial charge is 0.435 e. The second-order valence-electron chi connectivity index (χ2n) is 2.26. The number of carbonyl (C=O) groups is 1. The van der Waals surface area contributed by atoms with E-state index >= 15 is 0 Å². The van der Waals surface area contributed by atoms with Crippen molar-refractivity contribution in [3.05, 3.63) is 41.4 Å². The van der Waals surface area contributed by atoms with Crippen LogP contribution in [0, 0.1) is 7.11 Å². The van der Waals surface area contributed by atoms with Gasteiger partial charge in [-0.05, 0) is 18.2 Å². The van der Waals surface area contributed by atoms with E-state index in [0.29, 0.717) is 5.56 Å². The van der Waals surface area contributed by atoms with Gasteiger partial charge >= 0.3 is 5.97 Å². The van der Waals surface area contributed by atoms with Gasteiger partial charge < -0.3 is 9.47 Å². The first-order valence-corrected chi connectivity index (χ1v) is 4.33. The molecule has 0 atom stereocenters. The van der Waals surface area contributed by atoms with E-state index in [9.17, 15) is 4.79 Å². The number of hydrogen-bond donors (Lipinski definition) is 0. The molecule has 4 heteroatoms. The van der Waals surface area contributed by atoms with Gasteiger partial charge in [0.1, 0.15) is 0 Å². The SMILES string of the molecule is [CH2]OCOC(=O)c1cccc(Br)c1. The van der Waals surface area contributed by atoms with Gasteiger partial charge in [-0.1, -0.05) is 22.0 Å². The van der Waals surface area contributed by atoms with Crippen LogP contribution < -0.4 is 0 Å². The normalized spacial score (nSPS) is 9.69. The molecule has 0 saturated carbocycles. The van der Waals surface area contributed by atoms with Crippen LogP contribution in [0.3, 0.4) is 0 Å². The lowest BCUT2D eigenvalue weighted by molar-refractivity contribution is -0.00127. The van der Waals surface area contributed by atoms with E-state index in [1.54, 1.807) is 18.2 Å². The quantitative estimate of drug-likeness (QED) is 0.604. The lowest BCUT2D eigenvalue weighted by Crippen LogP contribution is -2.06. The Kier molecular flexibility index (Phi) is 3.92. The second kappa shape index (κ2) is 4.99. The van der Waals surface area contributed by atoms with Crippen molar-refractivity contribution in [2.45, 2.75) is 0 Å². The van der Waals surface area contributed by atoms with Crippen molar-refractivity contribution in [2.24, 2.45) is 0 Å². The average molecular weight is 244 g/mol. The van der Waals surface area contributed by atoms with Gasteiger partial charge in [-0.2, -0.15) is 0 Å². The minimum Gasteiger partial charge on any atom is -0.435 e. The molecule has 3 nitrogen and oxygen atoms in total. The lowest BCUT2D eigenvalue weighted by atomic mass is 10.2. The monoisotopic (exact) mass is 243 g/mol. The summed E-state index contributed by atoms with van der Waals surface area (Å²) < 4.78 is 9.88. The number of esters is 1. The molecule has 0 fully saturated rings. The van der Waals surface area contributed by atoms with Crippen LogP contribution >= 0.6 is 15.9 Å². The molecule has 0 saturated heterocycles. The van der Waals surface area contributed by atoms with E-state index in [1.807, 2.05) is 6.07 Å². The van der Waals surface area contributed by atoms with Gasteiger partial charge in [-0.25, -0.2) is 4.79 Å². The van der Waals surface area contributed by atoms with Crippen LogP contribution in [-0.2, 0) is 9.47 Å². The average Bonchev–Trinajstić information content (AvgIpc) is 2.14. The molecule has 13 heavy (non-hydrogen) atoms. The van der Waals surface area contributed by atoms with Gasteiger partial charge in [-0.15, -0.1) is 0 Å². The molecule has 0 N–H and O–H groups in total. The molecule has 69 valence electrons. The Morgan fingerprint density at radius 1 is 1.54 bits per heavy atom. The summed E-state index contributed by atoms with van der Waals surface area (Å²) >= 11 is 3.25. The number of benzene rings is 1. The maximum atomic E-state index is 11.2. The molecule has 0 aliphatic rings. The van der Waals surface area contributed by atoms with Gasteiger partial charge in [0.25, 0.3) is 0 Å². The number of halogens is 1. The predicted molar refractivity (Wildman–Crippen MR) is 50.9 cm³/mol. The highest BCUT2D eigenvalue weighted by Crippen LogP contribution is 2.12. The zero-order chi connectivity index (χ0) is 9.68. The molecule has 0 aromatic heterocycles. The van der Waals surface area contributed by atoms with E-state index in [2.05, 4.69) is 32.5 Å². The van der Waals surface area contributed by atoms with Crippen molar-refractivity contribution in [1.82, 2.24) is 0 Å². The summed E-state index contributed by atoms with van der Waals surface area (Å²) in [5.41, 5.74) is 0.478. The smallest absolute Gasteiger partial charge is 0.340 e. The Morgan fingerprint density at radius 3 is 2.92 bits per heavy atom. The van der Waals surface area contributed by atoms with Crippen LogP contribution in [0.15, 0.2) is 28.7 Å². The molecule has 0 spiro atoms. The molecule has 0 unspecified atom stereocenters. The zero-order valence-electron chi connectivity index (χ0n) is 6.83. The van der Waals surface area contributed by atoms with E-state index in [-0.39, 0.29) is 6.79 Å². The molecule has 0 bridgehead atoms. The second-order valence-corrected chi connectivity index (χ2v) is 3.18. The van der Waals surface area contributed by atoms with Gasteiger partial charge in [0, 0.05) is 4.47 Å². The maximum absolute atomic E-state index is 11.2. The van der Waals surface area contributed by atoms with Crippen molar-refractivity contribution in [1.29, 1.82) is 0 Å². The maximum Gasteiger partial charge on any atom is 0.340 e. The minimum atomic E-state index is -0.426. The zero-order valence-corrected chi connectivity index (χ0v) is 8.41. The number of carbonyl (C=O) groups excluding carboxylic acids is 1. The Hall–Kier alpha value is -0.870. The highest BCUT2D eigenvalue weighted by molar-refractivity contribution is 9.10. The van der Waals surface area contributed by atoms with Crippen molar-refractivity contribution in [3.63, 3.8) is 0 Å². The van der Waals surface area contributed by atoms with Crippen LogP contribution in [0.4, 0.5) is 0 Å². The molecule has 1 aromatic carbocycles. The summed E-state index contributed by atoms with van der Waals surface area (Å²) in [7, 11) is 3.08. The first-order chi connectivity index (χ1) is 6.24. The Labute approximate surface area is 84.8 Å². The third-order valence-corrected chi connectivity index (χ3v) is 1.83. The van der Waals surface area contributed by atoms with Gasteiger partial charge in [-0.3, -0.25) is 0 Å². The molecule has 1 radical (unpaired) electrons. The summed E-state index contributed by atoms with van der Waals surface area (Å²) in [6, 6.07) is 6.92. The fourth-order valence-corrected chi connectivity index (χ4v) is 1.19. The molecular weight excluding hydrogens is 236 g/mol. The first kappa shape index (κ1) is 10.2. The minimum absolute atomic E-state index is 0.134. The Morgan fingerprint density at radius 2 is 2.31 bits per heavy atom. The van der Waals surface area contributed by atoms with E-state index in [1.165, 1.54) is 0 Å². The summed E-state index contributed by atoms with van der Waals surface area (Å²) in [6.07, 6.45) is 0. The number of hydrogen-bond acceptors (Lipinski definition) is 3. The third-order valence-electron chi connectivity index (χ3n) is 1.33. The standard InChI is InChI=1S/C9H8BrO3/c1-12-6-13-9(11)7-3-2-4-8(10)5-7/h2-5H,1,6H2. The first-order valence-electron chi connectivity index (χ1n) is 3.53. The molecule has 1 aromatic rings. The number of rotatable bonds is 3. The summed E-state index contributed by atoms with van der Waals surface area (Å²) in [6.45, 7) is -0.134. The van der Waals surface area contributed by atoms with Gasteiger partial charge in [0.15, 0.2) is 6.79 Å². The molecule has 0 aliphatic heterocycles. The fraction of sp³-hybridized carbons (Fsp3) is 0.111. The Bertz CT molecular complexity index is 299. The van der Waals surface area contributed by atoms with Crippen LogP contribution in [0.25, 0.3) is 0 Å². The lowest BCUT2D eigenvalue weighted by Gasteiger charge is -2.02. The van der Waals surface area contributed by atoms with Crippen molar-refractivity contribution < 1.29 is 14.3 Å². The predicted octanol–water partition coefficient (Wildman–Crippen LogP) is 2.37. The number of ether oxygens (including phenoxy) is 2.